The predicted octanol–water partition coefficient (Wildman–Crippen LogP) is 1.87. The molecule has 0 aliphatic heterocycles. The minimum atomic E-state index is -0.283. The van der Waals surface area contributed by atoms with E-state index in [-0.39, 0.29) is 11.7 Å². The Hall–Kier alpha value is -2.43. The number of rotatable bonds is 5. The van der Waals surface area contributed by atoms with Crippen molar-refractivity contribution in [1.82, 2.24) is 10.3 Å². The van der Waals surface area contributed by atoms with Crippen molar-refractivity contribution >= 4 is 11.7 Å². The van der Waals surface area contributed by atoms with E-state index in [1.165, 1.54) is 18.6 Å². The monoisotopic (exact) mass is 272 g/mol. The number of carbonyl (C=O) groups excluding carboxylic acids is 1. The van der Waals surface area contributed by atoms with Gasteiger partial charge in [-0.2, -0.15) is 0 Å². The number of halogens is 1. The van der Waals surface area contributed by atoms with E-state index in [9.17, 15) is 9.18 Å². The number of nitrogens with two attached hydrogens (primary N) is 1. The van der Waals surface area contributed by atoms with Gasteiger partial charge in [-0.25, -0.2) is 9.37 Å². The van der Waals surface area contributed by atoms with Gasteiger partial charge in [0.2, 0.25) is 5.91 Å². The number of carbonyl (C=O) groups is 1. The van der Waals surface area contributed by atoms with Crippen LogP contribution in [0.5, 0.6) is 0 Å². The first-order valence-corrected chi connectivity index (χ1v) is 6.19. The van der Waals surface area contributed by atoms with E-state index in [0.29, 0.717) is 18.8 Å². The zero-order chi connectivity index (χ0) is 14.4. The summed E-state index contributed by atoms with van der Waals surface area (Å²) in [4.78, 5) is 15.6. The molecule has 0 spiro atoms. The van der Waals surface area contributed by atoms with Crippen LogP contribution in [-0.2, 0) is 17.8 Å². The highest BCUT2D eigenvalue weighted by atomic mass is 19.1. The molecule has 3 N–H and O–H groups in total. The highest BCUT2D eigenvalue weighted by molar-refractivity contribution is 5.84. The van der Waals surface area contributed by atoms with Gasteiger partial charge in [0.15, 0.2) is 0 Å². The highest BCUT2D eigenvalue weighted by Crippen LogP contribution is 2.05. The number of pyridine rings is 1. The third-order valence-corrected chi connectivity index (χ3v) is 2.75. The van der Waals surface area contributed by atoms with Crippen molar-refractivity contribution in [2.75, 3.05) is 5.73 Å². The lowest BCUT2D eigenvalue weighted by atomic mass is 10.1. The molecule has 0 fully saturated rings. The maximum absolute atomic E-state index is 12.7. The highest BCUT2D eigenvalue weighted by Gasteiger charge is 2.03. The fourth-order valence-corrected chi connectivity index (χ4v) is 1.63. The Kier molecular flexibility index (Phi) is 4.65. The van der Waals surface area contributed by atoms with Crippen LogP contribution in [0.15, 0.2) is 42.6 Å². The summed E-state index contributed by atoms with van der Waals surface area (Å²) in [5.74, 6) is -0.0110. The number of anilines is 1. The van der Waals surface area contributed by atoms with E-state index in [2.05, 4.69) is 10.3 Å². The van der Waals surface area contributed by atoms with Crippen LogP contribution < -0.4 is 11.1 Å². The molecule has 1 aromatic carbocycles. The average Bonchev–Trinajstić information content (AvgIpc) is 2.46. The Bertz CT molecular complexity index is 515. The van der Waals surface area contributed by atoms with Crippen molar-refractivity contribution in [2.24, 2.45) is 0 Å². The fraction of sp³-hybridized carbons (Fsp3) is 0.133. The summed E-state index contributed by atoms with van der Waals surface area (Å²) in [5, 5.41) is 2.75. The maximum Gasteiger partial charge on any atom is 0.224 e. The van der Waals surface area contributed by atoms with Crippen LogP contribution in [0.2, 0.25) is 0 Å². The molecule has 4 nitrogen and oxygen atoms in total. The number of amides is 1. The molecule has 0 unspecified atom stereocenters. The van der Waals surface area contributed by atoms with Crippen LogP contribution in [0.1, 0.15) is 11.1 Å². The molecule has 1 radical (unpaired) electrons. The third-order valence-electron chi connectivity index (χ3n) is 2.75. The number of aromatic nitrogens is 1. The summed E-state index contributed by atoms with van der Waals surface area (Å²) in [6.45, 7) is 0.395. The maximum atomic E-state index is 12.7. The summed E-state index contributed by atoms with van der Waals surface area (Å²) < 4.78 is 12.7. The first kappa shape index (κ1) is 14.0. The Balaban J connectivity index is 1.75. The molecule has 5 heteroatoms. The molecule has 2 rings (SSSR count). The van der Waals surface area contributed by atoms with Crippen molar-refractivity contribution in [1.29, 1.82) is 0 Å². The molecule has 0 aliphatic carbocycles. The summed E-state index contributed by atoms with van der Waals surface area (Å²) in [5.41, 5.74) is 7.24. The topological polar surface area (TPSA) is 68.0 Å². The van der Waals surface area contributed by atoms with Gasteiger partial charge in [0, 0.05) is 12.7 Å². The molecule has 0 bridgehead atoms. The lowest BCUT2D eigenvalue weighted by Crippen LogP contribution is -2.23. The van der Waals surface area contributed by atoms with Crippen LogP contribution in [0.3, 0.4) is 0 Å². The summed E-state index contributed by atoms with van der Waals surface area (Å²) in [6.07, 6.45) is 3.61. The zero-order valence-electron chi connectivity index (χ0n) is 10.8. The molecule has 20 heavy (non-hydrogen) atoms. The number of nitrogens with zero attached hydrogens (tertiary/aromatic N) is 1. The second kappa shape index (κ2) is 6.65. The van der Waals surface area contributed by atoms with E-state index < -0.39 is 0 Å². The lowest BCUT2D eigenvalue weighted by Gasteiger charge is -2.05. The van der Waals surface area contributed by atoms with Gasteiger partial charge in [-0.3, -0.25) is 4.79 Å². The summed E-state index contributed by atoms with van der Waals surface area (Å²) in [6, 6.07) is 9.56. The standard InChI is InChI=1S/C15H15FN3O/c16-13-5-1-11(2-6-13)4-8-15(20)19-10-12-3-7-14(17)18-9-12/h1-3,5-9H,4,10H2,(H2,17,18)(H,19,20). The van der Waals surface area contributed by atoms with Crippen LogP contribution in [0, 0.1) is 12.2 Å². The average molecular weight is 272 g/mol. The second-order valence-corrected chi connectivity index (χ2v) is 4.34. The van der Waals surface area contributed by atoms with Gasteiger partial charge < -0.3 is 11.1 Å². The van der Waals surface area contributed by atoms with Crippen molar-refractivity contribution in [3.8, 4) is 0 Å². The van der Waals surface area contributed by atoms with Gasteiger partial charge in [0.1, 0.15) is 11.6 Å². The predicted molar refractivity (Wildman–Crippen MR) is 74.9 cm³/mol. The molecule has 2 aromatic rings. The fourth-order valence-electron chi connectivity index (χ4n) is 1.63. The largest absolute Gasteiger partial charge is 0.384 e. The number of benzene rings is 1. The molecule has 1 aromatic heterocycles. The lowest BCUT2D eigenvalue weighted by molar-refractivity contribution is -0.118. The first-order valence-electron chi connectivity index (χ1n) is 6.19. The first-order chi connectivity index (χ1) is 9.63. The minimum absolute atomic E-state index is 0.175. The molecule has 103 valence electrons. The smallest absolute Gasteiger partial charge is 0.224 e. The molecular weight excluding hydrogens is 257 g/mol. The van der Waals surface area contributed by atoms with Crippen molar-refractivity contribution < 1.29 is 9.18 Å². The Morgan fingerprint density at radius 3 is 2.55 bits per heavy atom. The molecular formula is C15H15FN3O. The van der Waals surface area contributed by atoms with Crippen molar-refractivity contribution in [3.05, 3.63) is 66.0 Å². The second-order valence-electron chi connectivity index (χ2n) is 4.34. The number of hydrogen-bond acceptors (Lipinski definition) is 3. The van der Waals surface area contributed by atoms with Crippen LogP contribution >= 0.6 is 0 Å². The SMILES string of the molecule is Nc1ccc(CNC(=O)[CH]Cc2ccc(F)cc2)cn1. The summed E-state index contributed by atoms with van der Waals surface area (Å²) in [7, 11) is 0. The minimum Gasteiger partial charge on any atom is -0.384 e. The Morgan fingerprint density at radius 1 is 1.20 bits per heavy atom. The van der Waals surface area contributed by atoms with Gasteiger partial charge >= 0.3 is 0 Å². The number of hydrogen-bond donors (Lipinski definition) is 2. The Morgan fingerprint density at radius 2 is 1.90 bits per heavy atom. The van der Waals surface area contributed by atoms with E-state index in [4.69, 9.17) is 5.73 Å². The van der Waals surface area contributed by atoms with Gasteiger partial charge in [0.05, 0.1) is 6.42 Å². The third kappa shape index (κ3) is 4.35. The normalized spacial score (nSPS) is 10.2. The van der Waals surface area contributed by atoms with Crippen LogP contribution in [0.25, 0.3) is 0 Å². The molecule has 1 amide bonds. The van der Waals surface area contributed by atoms with E-state index in [0.717, 1.165) is 11.1 Å². The molecule has 0 saturated heterocycles. The van der Waals surface area contributed by atoms with Gasteiger partial charge in [0.25, 0.3) is 0 Å². The quantitative estimate of drug-likeness (QED) is 0.873. The van der Waals surface area contributed by atoms with Crippen LogP contribution in [0.4, 0.5) is 10.2 Å². The van der Waals surface area contributed by atoms with E-state index in [1.807, 2.05) is 6.07 Å². The summed E-state index contributed by atoms with van der Waals surface area (Å²) >= 11 is 0. The zero-order valence-corrected chi connectivity index (χ0v) is 10.8. The number of nitrogen functional groups attached to an aromatic ring is 1. The van der Waals surface area contributed by atoms with Gasteiger partial charge in [-0.05, 0) is 35.7 Å². The Labute approximate surface area is 116 Å². The van der Waals surface area contributed by atoms with E-state index in [1.54, 1.807) is 24.4 Å². The molecule has 0 saturated carbocycles. The molecule has 0 aliphatic rings. The van der Waals surface area contributed by atoms with E-state index >= 15 is 0 Å². The van der Waals surface area contributed by atoms with Crippen LogP contribution in [-0.4, -0.2) is 10.9 Å². The van der Waals surface area contributed by atoms with Gasteiger partial charge in [-0.1, -0.05) is 18.2 Å². The number of nitrogens with one attached hydrogen (secondary N) is 1. The van der Waals surface area contributed by atoms with Gasteiger partial charge in [-0.15, -0.1) is 0 Å². The van der Waals surface area contributed by atoms with Crippen molar-refractivity contribution in [2.45, 2.75) is 13.0 Å². The molecule has 0 atom stereocenters. The van der Waals surface area contributed by atoms with Crippen molar-refractivity contribution in [3.63, 3.8) is 0 Å². The molecule has 1 heterocycles.